The van der Waals surface area contributed by atoms with Gasteiger partial charge in [-0.15, -0.1) is 0 Å². The summed E-state index contributed by atoms with van der Waals surface area (Å²) in [5.74, 6) is -0.000155. The van der Waals surface area contributed by atoms with Crippen molar-refractivity contribution in [2.24, 2.45) is 5.92 Å². The molecule has 2 N–H and O–H groups in total. The zero-order chi connectivity index (χ0) is 16.9. The molecule has 0 radical (unpaired) electrons. The Kier molecular flexibility index (Phi) is 6.05. The SMILES string of the molecule is O=S(=O)(Cc1cccc(C(F)(F)F)c1)NCCC1CCCNC1. The smallest absolute Gasteiger partial charge is 0.316 e. The molecule has 1 unspecified atom stereocenters. The maximum atomic E-state index is 12.6. The summed E-state index contributed by atoms with van der Waals surface area (Å²) in [7, 11) is -3.64. The fourth-order valence-corrected chi connectivity index (χ4v) is 3.85. The molecule has 2 rings (SSSR count). The van der Waals surface area contributed by atoms with Crippen molar-refractivity contribution in [1.29, 1.82) is 0 Å². The number of halogens is 3. The lowest BCUT2D eigenvalue weighted by molar-refractivity contribution is -0.137. The van der Waals surface area contributed by atoms with Crippen molar-refractivity contribution in [2.45, 2.75) is 31.2 Å². The summed E-state index contributed by atoms with van der Waals surface area (Å²) in [4.78, 5) is 0. The van der Waals surface area contributed by atoms with Gasteiger partial charge in [-0.2, -0.15) is 13.2 Å². The molecule has 8 heteroatoms. The predicted octanol–water partition coefficient (Wildman–Crippen LogP) is 2.51. The van der Waals surface area contributed by atoms with Gasteiger partial charge < -0.3 is 5.32 Å². The summed E-state index contributed by atoms with van der Waals surface area (Å²) in [6.45, 7) is 2.20. The first-order chi connectivity index (χ1) is 10.8. The van der Waals surface area contributed by atoms with Crippen molar-refractivity contribution in [3.63, 3.8) is 0 Å². The van der Waals surface area contributed by atoms with Gasteiger partial charge in [-0.05, 0) is 49.9 Å². The Bertz CT molecular complexity index is 611. The van der Waals surface area contributed by atoms with Crippen LogP contribution in [0.2, 0.25) is 0 Å². The third-order valence-corrected chi connectivity index (χ3v) is 5.24. The molecule has 1 aromatic rings. The van der Waals surface area contributed by atoms with Gasteiger partial charge in [0.25, 0.3) is 0 Å². The minimum atomic E-state index is -4.47. The van der Waals surface area contributed by atoms with E-state index in [-0.39, 0.29) is 5.56 Å². The van der Waals surface area contributed by atoms with E-state index in [1.165, 1.54) is 12.1 Å². The largest absolute Gasteiger partial charge is 0.416 e. The van der Waals surface area contributed by atoms with E-state index in [2.05, 4.69) is 10.0 Å². The standard InChI is InChI=1S/C15H21F3N2O2S/c16-15(17,18)14-5-1-3-13(9-14)11-23(21,22)20-8-6-12-4-2-7-19-10-12/h1,3,5,9,12,19-20H,2,4,6-8,10-11H2. The molecule has 0 amide bonds. The van der Waals surface area contributed by atoms with Crippen LogP contribution in [-0.2, 0) is 22.0 Å². The van der Waals surface area contributed by atoms with Gasteiger partial charge in [0.15, 0.2) is 0 Å². The fourth-order valence-electron chi connectivity index (χ4n) is 2.70. The molecule has 0 aromatic heterocycles. The molecule has 1 aliphatic heterocycles. The van der Waals surface area contributed by atoms with Gasteiger partial charge in [0.05, 0.1) is 11.3 Å². The first-order valence-electron chi connectivity index (χ1n) is 7.60. The normalized spacial score (nSPS) is 19.7. The van der Waals surface area contributed by atoms with Crippen molar-refractivity contribution in [3.8, 4) is 0 Å². The number of rotatable bonds is 6. The van der Waals surface area contributed by atoms with Crippen LogP contribution in [0.15, 0.2) is 24.3 Å². The van der Waals surface area contributed by atoms with Crippen LogP contribution in [0.25, 0.3) is 0 Å². The average molecular weight is 350 g/mol. The maximum absolute atomic E-state index is 12.6. The molecule has 1 fully saturated rings. The minimum absolute atomic E-state index is 0.131. The van der Waals surface area contributed by atoms with E-state index in [4.69, 9.17) is 0 Å². The Morgan fingerprint density at radius 3 is 2.74 bits per heavy atom. The maximum Gasteiger partial charge on any atom is 0.416 e. The van der Waals surface area contributed by atoms with Gasteiger partial charge >= 0.3 is 6.18 Å². The van der Waals surface area contributed by atoms with Crippen molar-refractivity contribution in [2.75, 3.05) is 19.6 Å². The van der Waals surface area contributed by atoms with Crippen LogP contribution in [0, 0.1) is 5.92 Å². The molecule has 4 nitrogen and oxygen atoms in total. The highest BCUT2D eigenvalue weighted by molar-refractivity contribution is 7.88. The van der Waals surface area contributed by atoms with Crippen molar-refractivity contribution < 1.29 is 21.6 Å². The van der Waals surface area contributed by atoms with Gasteiger partial charge in [0.1, 0.15) is 0 Å². The number of piperidine rings is 1. The number of sulfonamides is 1. The van der Waals surface area contributed by atoms with Gasteiger partial charge in [-0.3, -0.25) is 0 Å². The molecule has 1 atom stereocenters. The van der Waals surface area contributed by atoms with Crippen molar-refractivity contribution in [1.82, 2.24) is 10.0 Å². The molecule has 1 aliphatic rings. The second kappa shape index (κ2) is 7.63. The first kappa shape index (κ1) is 18.2. The topological polar surface area (TPSA) is 58.2 Å². The molecule has 1 heterocycles. The predicted molar refractivity (Wildman–Crippen MR) is 82.3 cm³/mol. The Balaban J connectivity index is 1.88. The lowest BCUT2D eigenvalue weighted by Crippen LogP contribution is -2.33. The monoisotopic (exact) mass is 350 g/mol. The summed E-state index contributed by atoms with van der Waals surface area (Å²) >= 11 is 0. The molecule has 130 valence electrons. The first-order valence-corrected chi connectivity index (χ1v) is 9.26. The van der Waals surface area contributed by atoms with Gasteiger partial charge in [-0.25, -0.2) is 13.1 Å². The highest BCUT2D eigenvalue weighted by Gasteiger charge is 2.30. The molecule has 0 spiro atoms. The third-order valence-electron chi connectivity index (χ3n) is 3.88. The number of benzene rings is 1. The van der Waals surface area contributed by atoms with E-state index in [1.807, 2.05) is 0 Å². The minimum Gasteiger partial charge on any atom is -0.316 e. The molecule has 0 bridgehead atoms. The molecular weight excluding hydrogens is 329 g/mol. The summed E-state index contributed by atoms with van der Waals surface area (Å²) in [5.41, 5.74) is -0.704. The Labute approximate surface area is 134 Å². The zero-order valence-corrected chi connectivity index (χ0v) is 13.5. The molecule has 1 saturated heterocycles. The average Bonchev–Trinajstić information content (AvgIpc) is 2.47. The lowest BCUT2D eigenvalue weighted by atomic mass is 9.96. The Hall–Kier alpha value is -1.12. The van der Waals surface area contributed by atoms with Crippen molar-refractivity contribution in [3.05, 3.63) is 35.4 Å². The van der Waals surface area contributed by atoms with E-state index in [9.17, 15) is 21.6 Å². The second-order valence-corrected chi connectivity index (χ2v) is 7.66. The second-order valence-electron chi connectivity index (χ2n) is 5.85. The van der Waals surface area contributed by atoms with Crippen LogP contribution in [0.5, 0.6) is 0 Å². The summed E-state index contributed by atoms with van der Waals surface area (Å²) in [6.07, 6.45) is -1.58. The van der Waals surface area contributed by atoms with Crippen LogP contribution in [0.3, 0.4) is 0 Å². The molecule has 23 heavy (non-hydrogen) atoms. The van der Waals surface area contributed by atoms with E-state index in [1.54, 1.807) is 0 Å². The highest BCUT2D eigenvalue weighted by atomic mass is 32.2. The van der Waals surface area contributed by atoms with Gasteiger partial charge in [0.2, 0.25) is 10.0 Å². The van der Waals surface area contributed by atoms with Gasteiger partial charge in [-0.1, -0.05) is 18.2 Å². The fraction of sp³-hybridized carbons (Fsp3) is 0.600. The van der Waals surface area contributed by atoms with Crippen LogP contribution >= 0.6 is 0 Å². The number of alkyl halides is 3. The molecule has 0 saturated carbocycles. The van der Waals surface area contributed by atoms with Crippen LogP contribution in [-0.4, -0.2) is 28.1 Å². The van der Waals surface area contributed by atoms with E-state index in [0.717, 1.165) is 44.5 Å². The van der Waals surface area contributed by atoms with E-state index in [0.29, 0.717) is 12.5 Å². The highest BCUT2D eigenvalue weighted by Crippen LogP contribution is 2.29. The van der Waals surface area contributed by atoms with Gasteiger partial charge in [0, 0.05) is 6.54 Å². The zero-order valence-electron chi connectivity index (χ0n) is 12.7. The lowest BCUT2D eigenvalue weighted by Gasteiger charge is -2.22. The van der Waals surface area contributed by atoms with Crippen LogP contribution < -0.4 is 10.0 Å². The summed E-state index contributed by atoms with van der Waals surface area (Å²) in [5, 5.41) is 3.26. The van der Waals surface area contributed by atoms with Crippen LogP contribution in [0.4, 0.5) is 13.2 Å². The molecule has 1 aromatic carbocycles. The quantitative estimate of drug-likeness (QED) is 0.829. The van der Waals surface area contributed by atoms with Crippen LogP contribution in [0.1, 0.15) is 30.4 Å². The third kappa shape index (κ3) is 6.12. The Morgan fingerprint density at radius 1 is 1.30 bits per heavy atom. The Morgan fingerprint density at radius 2 is 2.09 bits per heavy atom. The van der Waals surface area contributed by atoms with E-state index < -0.39 is 27.5 Å². The number of hydrogen-bond acceptors (Lipinski definition) is 3. The molecular formula is C15H21F3N2O2S. The van der Waals surface area contributed by atoms with E-state index >= 15 is 0 Å². The summed E-state index contributed by atoms with van der Waals surface area (Å²) in [6, 6.07) is 4.42. The number of hydrogen-bond donors (Lipinski definition) is 2. The summed E-state index contributed by atoms with van der Waals surface area (Å²) < 4.78 is 64.4. The molecule has 0 aliphatic carbocycles. The number of nitrogens with one attached hydrogen (secondary N) is 2. The van der Waals surface area contributed by atoms with Crippen molar-refractivity contribution >= 4 is 10.0 Å².